The minimum Gasteiger partial charge on any atom is -0.481 e. The summed E-state index contributed by atoms with van der Waals surface area (Å²) in [5.41, 5.74) is 0.471. The molecular formula is C17H16ClF2NO4S. The fourth-order valence-electron chi connectivity index (χ4n) is 2.14. The largest absolute Gasteiger partial charge is 0.481 e. The van der Waals surface area contributed by atoms with Gasteiger partial charge in [0.1, 0.15) is 5.75 Å². The van der Waals surface area contributed by atoms with Crippen molar-refractivity contribution in [2.75, 3.05) is 5.32 Å². The predicted octanol–water partition coefficient (Wildman–Crippen LogP) is 4.05. The highest BCUT2D eigenvalue weighted by Gasteiger charge is 2.30. The number of para-hydroxylation sites is 1. The molecule has 5 nitrogen and oxygen atoms in total. The Morgan fingerprint density at radius 1 is 1.19 bits per heavy atom. The SMILES string of the molecule is Cc1cc(Cl)ccc1OC(C)C(=O)Nc1ccccc1S(=O)(=O)C(F)F. The maximum atomic E-state index is 12.8. The van der Waals surface area contributed by atoms with E-state index >= 15 is 0 Å². The number of carbonyl (C=O) groups excluding carboxylic acids is 1. The molecule has 0 aliphatic rings. The van der Waals surface area contributed by atoms with Crippen LogP contribution in [0.3, 0.4) is 0 Å². The van der Waals surface area contributed by atoms with Crippen molar-refractivity contribution in [3.05, 3.63) is 53.1 Å². The van der Waals surface area contributed by atoms with Crippen LogP contribution in [-0.2, 0) is 14.6 Å². The number of amides is 1. The molecule has 0 saturated heterocycles. The van der Waals surface area contributed by atoms with Crippen molar-refractivity contribution in [2.24, 2.45) is 0 Å². The summed E-state index contributed by atoms with van der Waals surface area (Å²) in [5.74, 6) is -3.85. The molecular weight excluding hydrogens is 388 g/mol. The van der Waals surface area contributed by atoms with Gasteiger partial charge in [-0.3, -0.25) is 4.79 Å². The number of nitrogens with one attached hydrogen (secondary N) is 1. The maximum Gasteiger partial charge on any atom is 0.341 e. The predicted molar refractivity (Wildman–Crippen MR) is 94.5 cm³/mol. The first-order chi connectivity index (χ1) is 12.1. The van der Waals surface area contributed by atoms with Crippen molar-refractivity contribution in [1.82, 2.24) is 0 Å². The van der Waals surface area contributed by atoms with Crippen LogP contribution in [0.1, 0.15) is 12.5 Å². The van der Waals surface area contributed by atoms with Crippen molar-refractivity contribution in [3.63, 3.8) is 0 Å². The van der Waals surface area contributed by atoms with Crippen molar-refractivity contribution < 1.29 is 26.7 Å². The molecule has 2 aromatic carbocycles. The van der Waals surface area contributed by atoms with E-state index in [-0.39, 0.29) is 5.69 Å². The number of sulfone groups is 1. The lowest BCUT2D eigenvalue weighted by Crippen LogP contribution is -2.31. The summed E-state index contributed by atoms with van der Waals surface area (Å²) in [5, 5.41) is 2.83. The average molecular weight is 404 g/mol. The van der Waals surface area contributed by atoms with Crippen LogP contribution in [-0.4, -0.2) is 26.2 Å². The fraction of sp³-hybridized carbons (Fsp3) is 0.235. The highest BCUT2D eigenvalue weighted by molar-refractivity contribution is 7.91. The van der Waals surface area contributed by atoms with Crippen LogP contribution in [0.15, 0.2) is 47.4 Å². The summed E-state index contributed by atoms with van der Waals surface area (Å²) in [6, 6.07) is 9.80. The number of ether oxygens (including phenoxy) is 1. The molecule has 2 aromatic rings. The quantitative estimate of drug-likeness (QED) is 0.789. The van der Waals surface area contributed by atoms with Gasteiger partial charge in [-0.2, -0.15) is 8.78 Å². The lowest BCUT2D eigenvalue weighted by molar-refractivity contribution is -0.122. The first-order valence-corrected chi connectivity index (χ1v) is 9.40. The Morgan fingerprint density at radius 3 is 2.46 bits per heavy atom. The van der Waals surface area contributed by atoms with Crippen LogP contribution < -0.4 is 10.1 Å². The van der Waals surface area contributed by atoms with Crippen molar-refractivity contribution in [3.8, 4) is 5.75 Å². The van der Waals surface area contributed by atoms with Gasteiger partial charge in [-0.1, -0.05) is 23.7 Å². The standard InChI is InChI=1S/C17H16ClF2NO4S/c1-10-9-12(18)7-8-14(10)25-11(2)16(22)21-13-5-3-4-6-15(13)26(23,24)17(19)20/h3-9,11,17H,1-2H3,(H,21,22). The van der Waals surface area contributed by atoms with Gasteiger partial charge in [0.2, 0.25) is 9.84 Å². The molecule has 0 aliphatic heterocycles. The number of alkyl halides is 2. The summed E-state index contributed by atoms with van der Waals surface area (Å²) in [6.07, 6.45) is -1.00. The van der Waals surface area contributed by atoms with Gasteiger partial charge in [-0.25, -0.2) is 8.42 Å². The van der Waals surface area contributed by atoms with Gasteiger partial charge in [0, 0.05) is 5.02 Å². The highest BCUT2D eigenvalue weighted by Crippen LogP contribution is 2.27. The number of anilines is 1. The van der Waals surface area contributed by atoms with Gasteiger partial charge < -0.3 is 10.1 Å². The molecule has 1 unspecified atom stereocenters. The Labute approximate surface area is 154 Å². The van der Waals surface area contributed by atoms with Crippen LogP contribution in [0, 0.1) is 6.92 Å². The smallest absolute Gasteiger partial charge is 0.341 e. The summed E-state index contributed by atoms with van der Waals surface area (Å²) in [7, 11) is -4.85. The fourth-order valence-corrected chi connectivity index (χ4v) is 3.25. The van der Waals surface area contributed by atoms with Crippen molar-refractivity contribution in [1.29, 1.82) is 0 Å². The number of carbonyl (C=O) groups is 1. The first-order valence-electron chi connectivity index (χ1n) is 7.47. The van der Waals surface area contributed by atoms with Gasteiger partial charge in [-0.05, 0) is 49.7 Å². The molecule has 1 N–H and O–H groups in total. The Hall–Kier alpha value is -2.19. The third-order valence-electron chi connectivity index (χ3n) is 3.50. The van der Waals surface area contributed by atoms with Crippen molar-refractivity contribution in [2.45, 2.75) is 30.6 Å². The first kappa shape index (κ1) is 20.1. The van der Waals surface area contributed by atoms with E-state index in [1.165, 1.54) is 25.1 Å². The Kier molecular flexibility index (Phi) is 6.20. The van der Waals surface area contributed by atoms with Crippen molar-refractivity contribution >= 4 is 33.0 Å². The van der Waals surface area contributed by atoms with Crippen LogP contribution in [0.5, 0.6) is 5.75 Å². The average Bonchev–Trinajstić information content (AvgIpc) is 2.57. The van der Waals surface area contributed by atoms with Crippen LogP contribution in [0.4, 0.5) is 14.5 Å². The molecule has 0 spiro atoms. The highest BCUT2D eigenvalue weighted by atomic mass is 35.5. The topological polar surface area (TPSA) is 72.5 Å². The molecule has 9 heteroatoms. The van der Waals surface area contributed by atoms with E-state index in [0.29, 0.717) is 16.3 Å². The van der Waals surface area contributed by atoms with E-state index in [2.05, 4.69) is 5.32 Å². The van der Waals surface area contributed by atoms with E-state index in [4.69, 9.17) is 16.3 Å². The van der Waals surface area contributed by atoms with E-state index in [1.807, 2.05) is 0 Å². The molecule has 1 amide bonds. The summed E-state index contributed by atoms with van der Waals surface area (Å²) >= 11 is 5.86. The molecule has 0 bridgehead atoms. The zero-order chi connectivity index (χ0) is 19.5. The third-order valence-corrected chi connectivity index (χ3v) is 5.17. The molecule has 1 atom stereocenters. The summed E-state index contributed by atoms with van der Waals surface area (Å²) in [6.45, 7) is 3.20. The van der Waals surface area contributed by atoms with E-state index < -0.39 is 32.5 Å². The molecule has 0 fully saturated rings. The summed E-state index contributed by atoms with van der Waals surface area (Å²) < 4.78 is 54.6. The zero-order valence-corrected chi connectivity index (χ0v) is 15.4. The second-order valence-corrected chi connectivity index (χ2v) is 7.78. The Balaban J connectivity index is 2.20. The number of rotatable bonds is 6. The minimum atomic E-state index is -4.85. The monoisotopic (exact) mass is 403 g/mol. The third kappa shape index (κ3) is 4.50. The van der Waals surface area contributed by atoms with Gasteiger partial charge >= 0.3 is 5.76 Å². The summed E-state index contributed by atoms with van der Waals surface area (Å²) in [4.78, 5) is 11.6. The van der Waals surface area contributed by atoms with Gasteiger partial charge in [0.05, 0.1) is 10.6 Å². The van der Waals surface area contributed by atoms with Gasteiger partial charge in [-0.15, -0.1) is 0 Å². The molecule has 0 saturated carbocycles. The number of benzene rings is 2. The van der Waals surface area contributed by atoms with Gasteiger partial charge in [0.25, 0.3) is 5.91 Å². The van der Waals surface area contributed by atoms with E-state index in [0.717, 1.165) is 6.07 Å². The zero-order valence-electron chi connectivity index (χ0n) is 13.9. The second-order valence-electron chi connectivity index (χ2n) is 5.46. The normalized spacial score (nSPS) is 12.7. The number of hydrogen-bond acceptors (Lipinski definition) is 4. The van der Waals surface area contributed by atoms with Crippen LogP contribution >= 0.6 is 11.6 Å². The lowest BCUT2D eigenvalue weighted by atomic mass is 10.2. The van der Waals surface area contributed by atoms with E-state index in [9.17, 15) is 22.0 Å². The minimum absolute atomic E-state index is 0.235. The van der Waals surface area contributed by atoms with Crippen LogP contribution in [0.25, 0.3) is 0 Å². The Bertz CT molecular complexity index is 919. The molecule has 0 aromatic heterocycles. The molecule has 26 heavy (non-hydrogen) atoms. The van der Waals surface area contributed by atoms with Gasteiger partial charge in [0.15, 0.2) is 6.10 Å². The molecule has 0 heterocycles. The van der Waals surface area contributed by atoms with E-state index in [1.54, 1.807) is 25.1 Å². The molecule has 0 aliphatic carbocycles. The lowest BCUT2D eigenvalue weighted by Gasteiger charge is -2.17. The second kappa shape index (κ2) is 8.01. The number of halogens is 3. The molecule has 2 rings (SSSR count). The Morgan fingerprint density at radius 2 is 1.85 bits per heavy atom. The maximum absolute atomic E-state index is 12.8. The number of hydrogen-bond donors (Lipinski definition) is 1. The van der Waals surface area contributed by atoms with Crippen LogP contribution in [0.2, 0.25) is 5.02 Å². The molecule has 0 radical (unpaired) electrons. The number of aryl methyl sites for hydroxylation is 1. The molecule has 140 valence electrons.